The summed E-state index contributed by atoms with van der Waals surface area (Å²) >= 11 is 0. The predicted octanol–water partition coefficient (Wildman–Crippen LogP) is 2.19. The summed E-state index contributed by atoms with van der Waals surface area (Å²) in [4.78, 5) is 38.9. The van der Waals surface area contributed by atoms with Gasteiger partial charge in [0.25, 0.3) is 0 Å². The molecule has 0 bridgehead atoms. The van der Waals surface area contributed by atoms with Crippen molar-refractivity contribution in [2.75, 3.05) is 25.3 Å². The Labute approximate surface area is 173 Å². The van der Waals surface area contributed by atoms with Crippen LogP contribution in [0.3, 0.4) is 0 Å². The first kappa shape index (κ1) is 19.8. The van der Waals surface area contributed by atoms with Gasteiger partial charge in [-0.1, -0.05) is 30.3 Å². The van der Waals surface area contributed by atoms with E-state index in [1.54, 1.807) is 23.1 Å². The number of esters is 1. The van der Waals surface area contributed by atoms with Gasteiger partial charge in [-0.05, 0) is 17.7 Å². The molecule has 4 rings (SSSR count). The number of nitrogens with one attached hydrogen (secondary N) is 1. The SMILES string of the molecule is COC(=O)CC(NC(=O)C1CC(=O)N(c2ccc3c(c2)OCO3)C1)c1ccccc1. The van der Waals surface area contributed by atoms with Gasteiger partial charge in [-0.25, -0.2) is 0 Å². The highest BCUT2D eigenvalue weighted by Gasteiger charge is 2.36. The Hall–Kier alpha value is -3.55. The van der Waals surface area contributed by atoms with Gasteiger partial charge in [-0.15, -0.1) is 0 Å². The molecule has 0 aliphatic carbocycles. The largest absolute Gasteiger partial charge is 0.469 e. The summed E-state index contributed by atoms with van der Waals surface area (Å²) in [6.07, 6.45) is 0.110. The van der Waals surface area contributed by atoms with Crippen molar-refractivity contribution in [3.8, 4) is 11.5 Å². The van der Waals surface area contributed by atoms with Crippen molar-refractivity contribution in [3.63, 3.8) is 0 Å². The third-order valence-electron chi connectivity index (χ3n) is 5.28. The van der Waals surface area contributed by atoms with Crippen molar-refractivity contribution in [1.82, 2.24) is 5.32 Å². The summed E-state index contributed by atoms with van der Waals surface area (Å²) in [5.74, 6) is -0.147. The number of fused-ring (bicyclic) bond motifs is 1. The summed E-state index contributed by atoms with van der Waals surface area (Å²) < 4.78 is 15.4. The number of nitrogens with zero attached hydrogens (tertiary/aromatic N) is 1. The standard InChI is InChI=1S/C22H22N2O6/c1-28-21(26)11-17(14-5-3-2-4-6-14)23-22(27)15-9-20(25)24(12-15)16-7-8-18-19(10-16)30-13-29-18/h2-8,10,15,17H,9,11-13H2,1H3,(H,23,27). The maximum Gasteiger partial charge on any atom is 0.307 e. The Bertz CT molecular complexity index is 961. The Kier molecular flexibility index (Phi) is 5.56. The molecule has 2 atom stereocenters. The van der Waals surface area contributed by atoms with Gasteiger partial charge < -0.3 is 24.4 Å². The number of carbonyl (C=O) groups is 3. The molecule has 1 saturated heterocycles. The Morgan fingerprint density at radius 1 is 1.17 bits per heavy atom. The quantitative estimate of drug-likeness (QED) is 0.734. The fourth-order valence-corrected chi connectivity index (χ4v) is 3.66. The molecule has 0 aromatic heterocycles. The molecule has 1 fully saturated rings. The van der Waals surface area contributed by atoms with Crippen LogP contribution in [0.1, 0.15) is 24.4 Å². The lowest BCUT2D eigenvalue weighted by molar-refractivity contribution is -0.141. The zero-order valence-corrected chi connectivity index (χ0v) is 16.5. The minimum Gasteiger partial charge on any atom is -0.469 e. The average Bonchev–Trinajstić information content (AvgIpc) is 3.39. The first-order chi connectivity index (χ1) is 14.5. The maximum atomic E-state index is 12.9. The third-order valence-corrected chi connectivity index (χ3v) is 5.28. The van der Waals surface area contributed by atoms with Gasteiger partial charge in [0.2, 0.25) is 18.6 Å². The summed E-state index contributed by atoms with van der Waals surface area (Å²) in [5.41, 5.74) is 1.46. The topological polar surface area (TPSA) is 94.2 Å². The van der Waals surface area contributed by atoms with Crippen molar-refractivity contribution in [2.24, 2.45) is 5.92 Å². The molecule has 2 unspecified atom stereocenters. The van der Waals surface area contributed by atoms with E-state index in [2.05, 4.69) is 5.32 Å². The van der Waals surface area contributed by atoms with Crippen LogP contribution in [-0.4, -0.2) is 38.2 Å². The number of methoxy groups -OCH3 is 1. The minimum absolute atomic E-state index is 0.0127. The Morgan fingerprint density at radius 2 is 1.93 bits per heavy atom. The number of benzene rings is 2. The number of hydrogen-bond donors (Lipinski definition) is 1. The third kappa shape index (κ3) is 4.07. The summed E-state index contributed by atoms with van der Waals surface area (Å²) in [7, 11) is 1.31. The molecule has 156 valence electrons. The monoisotopic (exact) mass is 410 g/mol. The molecule has 0 spiro atoms. The van der Waals surface area contributed by atoms with Crippen LogP contribution in [0, 0.1) is 5.92 Å². The number of hydrogen-bond acceptors (Lipinski definition) is 6. The van der Waals surface area contributed by atoms with Crippen LogP contribution < -0.4 is 19.7 Å². The zero-order chi connectivity index (χ0) is 21.1. The fraction of sp³-hybridized carbons (Fsp3) is 0.318. The molecule has 0 radical (unpaired) electrons. The van der Waals surface area contributed by atoms with Crippen LogP contribution in [0.5, 0.6) is 11.5 Å². The lowest BCUT2D eigenvalue weighted by Crippen LogP contribution is -2.36. The van der Waals surface area contributed by atoms with Crippen molar-refractivity contribution in [3.05, 3.63) is 54.1 Å². The maximum absolute atomic E-state index is 12.9. The van der Waals surface area contributed by atoms with Crippen molar-refractivity contribution >= 4 is 23.5 Å². The second-order valence-corrected chi connectivity index (χ2v) is 7.20. The molecule has 2 aromatic carbocycles. The van der Waals surface area contributed by atoms with E-state index in [4.69, 9.17) is 14.2 Å². The van der Waals surface area contributed by atoms with Crippen LogP contribution in [0.4, 0.5) is 5.69 Å². The molecule has 0 saturated carbocycles. The van der Waals surface area contributed by atoms with E-state index < -0.39 is 17.9 Å². The van der Waals surface area contributed by atoms with Crippen molar-refractivity contribution in [2.45, 2.75) is 18.9 Å². The molecule has 30 heavy (non-hydrogen) atoms. The smallest absolute Gasteiger partial charge is 0.307 e. The van der Waals surface area contributed by atoms with E-state index in [0.29, 0.717) is 17.2 Å². The van der Waals surface area contributed by atoms with E-state index in [-0.39, 0.29) is 38.0 Å². The first-order valence-electron chi connectivity index (χ1n) is 9.67. The number of carbonyl (C=O) groups excluding carboxylic acids is 3. The molecule has 8 nitrogen and oxygen atoms in total. The van der Waals surface area contributed by atoms with Crippen LogP contribution in [0.2, 0.25) is 0 Å². The van der Waals surface area contributed by atoms with Crippen LogP contribution in [0.15, 0.2) is 48.5 Å². The molecule has 8 heteroatoms. The second kappa shape index (κ2) is 8.44. The molecule has 2 aromatic rings. The average molecular weight is 410 g/mol. The first-order valence-corrected chi connectivity index (χ1v) is 9.67. The molecule has 2 amide bonds. The molecule has 1 N–H and O–H groups in total. The van der Waals surface area contributed by atoms with Crippen LogP contribution >= 0.6 is 0 Å². The van der Waals surface area contributed by atoms with Crippen LogP contribution in [-0.2, 0) is 19.1 Å². The highest BCUT2D eigenvalue weighted by molar-refractivity contribution is 6.00. The number of anilines is 1. The Balaban J connectivity index is 1.46. The van der Waals surface area contributed by atoms with E-state index in [1.165, 1.54) is 7.11 Å². The molecule has 2 heterocycles. The summed E-state index contributed by atoms with van der Waals surface area (Å²) in [5, 5.41) is 2.91. The second-order valence-electron chi connectivity index (χ2n) is 7.20. The van der Waals surface area contributed by atoms with Gasteiger partial charge in [0.05, 0.1) is 25.5 Å². The minimum atomic E-state index is -0.527. The number of amides is 2. The van der Waals surface area contributed by atoms with Crippen molar-refractivity contribution < 1.29 is 28.6 Å². The Morgan fingerprint density at radius 3 is 2.70 bits per heavy atom. The summed E-state index contributed by atoms with van der Waals surface area (Å²) in [6, 6.07) is 14.0. The van der Waals surface area contributed by atoms with Gasteiger partial charge in [-0.2, -0.15) is 0 Å². The molecular weight excluding hydrogens is 388 g/mol. The van der Waals surface area contributed by atoms with Gasteiger partial charge in [0, 0.05) is 24.7 Å². The van der Waals surface area contributed by atoms with Gasteiger partial charge in [0.15, 0.2) is 11.5 Å². The normalized spacial score (nSPS) is 18.2. The van der Waals surface area contributed by atoms with E-state index in [1.807, 2.05) is 30.3 Å². The van der Waals surface area contributed by atoms with Crippen LogP contribution in [0.25, 0.3) is 0 Å². The number of ether oxygens (including phenoxy) is 3. The predicted molar refractivity (Wildman–Crippen MR) is 107 cm³/mol. The highest BCUT2D eigenvalue weighted by Crippen LogP contribution is 2.37. The van der Waals surface area contributed by atoms with E-state index in [9.17, 15) is 14.4 Å². The van der Waals surface area contributed by atoms with E-state index >= 15 is 0 Å². The van der Waals surface area contributed by atoms with Crippen molar-refractivity contribution in [1.29, 1.82) is 0 Å². The van der Waals surface area contributed by atoms with E-state index in [0.717, 1.165) is 5.56 Å². The van der Waals surface area contributed by atoms with Gasteiger partial charge in [0.1, 0.15) is 0 Å². The van der Waals surface area contributed by atoms with Gasteiger partial charge in [-0.3, -0.25) is 14.4 Å². The zero-order valence-electron chi connectivity index (χ0n) is 16.5. The molecule has 2 aliphatic rings. The lowest BCUT2D eigenvalue weighted by atomic mass is 10.0. The number of rotatable bonds is 6. The molecule has 2 aliphatic heterocycles. The molecular formula is C22H22N2O6. The van der Waals surface area contributed by atoms with Gasteiger partial charge >= 0.3 is 5.97 Å². The fourth-order valence-electron chi connectivity index (χ4n) is 3.66. The summed E-state index contributed by atoms with van der Waals surface area (Å²) in [6.45, 7) is 0.406. The highest BCUT2D eigenvalue weighted by atomic mass is 16.7. The lowest BCUT2D eigenvalue weighted by Gasteiger charge is -2.21.